The summed E-state index contributed by atoms with van der Waals surface area (Å²) >= 11 is 5.78. The van der Waals surface area contributed by atoms with E-state index in [4.69, 9.17) is 11.6 Å². The molecule has 4 aromatic carbocycles. The van der Waals surface area contributed by atoms with Crippen LogP contribution in [0.4, 0.5) is 34.6 Å². The minimum Gasteiger partial charge on any atom is -0.744 e. The maximum absolute atomic E-state index is 12.2. The number of aromatic hydroxyl groups is 2. The first kappa shape index (κ1) is 45.4. The number of aromatic nitrogens is 3. The normalized spacial score (nSPS) is 11.6. The zero-order valence-electron chi connectivity index (χ0n) is 27.0. The fraction of sp³-hybridized carbons (Fsp3) is 0. The van der Waals surface area contributed by atoms with Crippen molar-refractivity contribution in [2.75, 3.05) is 10.6 Å². The van der Waals surface area contributed by atoms with Gasteiger partial charge in [0.1, 0.15) is 41.7 Å². The molecule has 0 aliphatic carbocycles. The zero-order valence-corrected chi connectivity index (χ0v) is 30.2. The number of aromatic carboxylic acids is 1. The molecule has 0 unspecified atom stereocenters. The van der Waals surface area contributed by atoms with Crippen molar-refractivity contribution in [3.63, 3.8) is 0 Å². The summed E-state index contributed by atoms with van der Waals surface area (Å²) in [4.78, 5) is 19.7. The van der Waals surface area contributed by atoms with Crippen molar-refractivity contribution in [1.29, 1.82) is 0 Å². The predicted molar refractivity (Wildman–Crippen MR) is 167 cm³/mol. The molecule has 1 aromatic heterocycles. The van der Waals surface area contributed by atoms with E-state index >= 15 is 0 Å². The van der Waals surface area contributed by atoms with E-state index in [1.54, 1.807) is 0 Å². The fourth-order valence-electron chi connectivity index (χ4n) is 4.33. The molecule has 0 radical (unpaired) electrons. The SMILES string of the molecule is O=C(O)c1ccccc1N=Nc1c(S(=O)(=O)[O-])cc2cc(S(=O)(=O)[O-])cc(Nc3nc(O)nc(Nc4ccc(Cl)c(S(=O)(=O)[O-])c4)n3)c2c1O.[Li+].[Li+].[Li+]. The number of benzene rings is 4. The Bertz CT molecular complexity index is 2620. The summed E-state index contributed by atoms with van der Waals surface area (Å²) in [5, 5.41) is 41.7. The Morgan fingerprint density at radius 2 is 1.34 bits per heavy atom. The van der Waals surface area contributed by atoms with Crippen molar-refractivity contribution in [1.82, 2.24) is 15.0 Å². The molecule has 0 aliphatic rings. The van der Waals surface area contributed by atoms with Crippen molar-refractivity contribution in [3.05, 3.63) is 71.2 Å². The van der Waals surface area contributed by atoms with Crippen molar-refractivity contribution >= 4 is 93.3 Å². The summed E-state index contributed by atoms with van der Waals surface area (Å²) in [6.07, 6.45) is 0. The Hall–Kier alpha value is -3.77. The maximum atomic E-state index is 12.2. The Balaban J connectivity index is 0.00000324. The van der Waals surface area contributed by atoms with Crippen LogP contribution in [0.2, 0.25) is 5.02 Å². The van der Waals surface area contributed by atoms with E-state index in [9.17, 15) is 59.0 Å². The molecule has 1 heterocycles. The molecule has 0 spiro atoms. The Morgan fingerprint density at radius 3 is 1.92 bits per heavy atom. The van der Waals surface area contributed by atoms with E-state index in [1.807, 2.05) is 0 Å². The zero-order chi connectivity index (χ0) is 36.8. The second-order valence-corrected chi connectivity index (χ2v) is 14.2. The van der Waals surface area contributed by atoms with Gasteiger partial charge in [0, 0.05) is 11.1 Å². The van der Waals surface area contributed by atoms with Gasteiger partial charge in [-0.3, -0.25) is 0 Å². The quantitative estimate of drug-likeness (QED) is 0.0500. The van der Waals surface area contributed by atoms with E-state index in [0.717, 1.165) is 18.2 Å². The maximum Gasteiger partial charge on any atom is 1.00 e. The summed E-state index contributed by atoms with van der Waals surface area (Å²) in [6.45, 7) is 0. The van der Waals surface area contributed by atoms with Gasteiger partial charge in [-0.2, -0.15) is 15.0 Å². The average molecular weight is 786 g/mol. The fourth-order valence-corrected chi connectivity index (χ4v) is 6.49. The van der Waals surface area contributed by atoms with Gasteiger partial charge in [-0.1, -0.05) is 23.7 Å². The van der Waals surface area contributed by atoms with Crippen LogP contribution in [0.5, 0.6) is 11.8 Å². The molecule has 53 heavy (non-hydrogen) atoms. The number of carboxylic acid groups (broad SMARTS) is 1. The molecule has 5 aromatic rings. The molecule has 20 nitrogen and oxygen atoms in total. The van der Waals surface area contributed by atoms with Crippen molar-refractivity contribution < 1.29 is 116 Å². The minimum atomic E-state index is -5.52. The summed E-state index contributed by atoms with van der Waals surface area (Å²) in [5.74, 6) is -3.72. The molecule has 0 aliphatic heterocycles. The van der Waals surface area contributed by atoms with Crippen LogP contribution in [0.15, 0.2) is 85.6 Å². The molecule has 0 atom stereocenters. The van der Waals surface area contributed by atoms with Crippen molar-refractivity contribution in [2.24, 2.45) is 10.2 Å². The number of nitrogens with one attached hydrogen (secondary N) is 2. The van der Waals surface area contributed by atoms with Gasteiger partial charge >= 0.3 is 68.6 Å². The number of carbonyl (C=O) groups is 1. The van der Waals surface area contributed by atoms with Gasteiger partial charge in [0.2, 0.25) is 11.9 Å². The van der Waals surface area contributed by atoms with Crippen LogP contribution in [0.3, 0.4) is 0 Å². The smallest absolute Gasteiger partial charge is 0.744 e. The number of fused-ring (bicyclic) bond motifs is 1. The van der Waals surface area contributed by atoms with Crippen molar-refractivity contribution in [2.45, 2.75) is 14.7 Å². The summed E-state index contributed by atoms with van der Waals surface area (Å²) < 4.78 is 107. The van der Waals surface area contributed by atoms with E-state index in [2.05, 4.69) is 35.8 Å². The Morgan fingerprint density at radius 1 is 0.736 bits per heavy atom. The summed E-state index contributed by atoms with van der Waals surface area (Å²) in [5.41, 5.74) is -2.38. The van der Waals surface area contributed by atoms with E-state index < -0.39 is 102 Å². The molecular weight excluding hydrogens is 771 g/mol. The first-order valence-electron chi connectivity index (χ1n) is 13.0. The molecule has 5 rings (SSSR count). The number of anilines is 4. The van der Waals surface area contributed by atoms with E-state index in [1.165, 1.54) is 24.3 Å². The number of carboxylic acids is 1. The number of halogens is 1. The number of hydrogen-bond donors (Lipinski definition) is 5. The standard InChI is InChI=1S/C26H18ClN7O13S3.3Li/c27-15-6-5-12(9-18(15)49(42,43)44)28-24-30-25(32-26(38)31-24)29-17-10-13(48(39,40)41)7-11-8-19(50(45,46)47)21(22(35)20(11)17)34-33-16-4-2-1-3-14(16)23(36)37;;;/h1-10,35H,(H,36,37)(H,39,40,41)(H,42,43,44)(H,45,46,47)(H3,28,29,30,31,32,38);;;/q;3*+1/p-3. The third-order valence-electron chi connectivity index (χ3n) is 6.40. The van der Waals surface area contributed by atoms with Crippen LogP contribution in [-0.2, 0) is 30.4 Å². The van der Waals surface area contributed by atoms with Crippen molar-refractivity contribution in [3.8, 4) is 11.8 Å². The van der Waals surface area contributed by atoms with Gasteiger partial charge in [0.15, 0.2) is 5.75 Å². The number of phenolic OH excluding ortho intramolecular Hbond substituents is 1. The second kappa shape index (κ2) is 17.1. The number of rotatable bonds is 10. The van der Waals surface area contributed by atoms with Gasteiger partial charge in [0.05, 0.1) is 31.0 Å². The third kappa shape index (κ3) is 10.5. The van der Waals surface area contributed by atoms with Gasteiger partial charge in [-0.15, -0.1) is 10.2 Å². The van der Waals surface area contributed by atoms with E-state index in [0.29, 0.717) is 18.2 Å². The van der Waals surface area contributed by atoms with Crippen LogP contribution < -0.4 is 67.2 Å². The molecule has 0 saturated heterocycles. The number of hydrogen-bond acceptors (Lipinski definition) is 19. The van der Waals surface area contributed by atoms with Gasteiger partial charge in [-0.05, 0) is 53.9 Å². The van der Waals surface area contributed by atoms with Crippen LogP contribution in [0, 0.1) is 0 Å². The molecule has 0 amide bonds. The average Bonchev–Trinajstić information content (AvgIpc) is 2.99. The Labute approximate surface area is 339 Å². The molecular formula is C26H15ClLi3N7O13S3. The number of phenols is 1. The third-order valence-corrected chi connectivity index (χ3v) is 9.38. The first-order chi connectivity index (χ1) is 23.2. The number of nitrogens with zero attached hydrogens (tertiary/aromatic N) is 5. The largest absolute Gasteiger partial charge is 1.00 e. The van der Waals surface area contributed by atoms with Gasteiger partial charge in [-0.25, -0.2) is 30.0 Å². The van der Waals surface area contributed by atoms with Crippen LogP contribution in [0.1, 0.15) is 10.4 Å². The summed E-state index contributed by atoms with van der Waals surface area (Å²) in [6, 6.07) is 9.02. The summed E-state index contributed by atoms with van der Waals surface area (Å²) in [7, 11) is -15.9. The molecule has 5 N–H and O–H groups in total. The first-order valence-corrected chi connectivity index (χ1v) is 17.6. The van der Waals surface area contributed by atoms with Gasteiger partial charge < -0.3 is 39.6 Å². The molecule has 0 fully saturated rings. The molecule has 0 saturated carbocycles. The topological polar surface area (TPSA) is 337 Å². The van der Waals surface area contributed by atoms with Crippen LogP contribution in [-0.4, -0.2) is 75.2 Å². The predicted octanol–water partition coefficient (Wildman–Crippen LogP) is -5.59. The monoisotopic (exact) mass is 785 g/mol. The molecule has 0 bridgehead atoms. The molecule has 260 valence electrons. The van der Waals surface area contributed by atoms with E-state index in [-0.39, 0.29) is 73.5 Å². The Kier molecular flexibility index (Phi) is 14.7. The van der Waals surface area contributed by atoms with Crippen LogP contribution >= 0.6 is 11.6 Å². The van der Waals surface area contributed by atoms with Crippen LogP contribution in [0.25, 0.3) is 10.8 Å². The van der Waals surface area contributed by atoms with Gasteiger partial charge in [0.25, 0.3) is 0 Å². The molecule has 27 heteroatoms. The second-order valence-electron chi connectivity index (χ2n) is 9.70. The minimum absolute atomic E-state index is 0. The number of azo groups is 1.